The first-order valence-corrected chi connectivity index (χ1v) is 8.40. The summed E-state index contributed by atoms with van der Waals surface area (Å²) in [6, 6.07) is 11.7. The number of fused-ring (bicyclic) bond motifs is 1. The van der Waals surface area contributed by atoms with Gasteiger partial charge in [0.15, 0.2) is 0 Å². The zero-order chi connectivity index (χ0) is 14.8. The van der Waals surface area contributed by atoms with Crippen molar-refractivity contribution in [2.75, 3.05) is 7.05 Å². The molecule has 0 bridgehead atoms. The summed E-state index contributed by atoms with van der Waals surface area (Å²) in [5, 5.41) is 1.36. The third-order valence-electron chi connectivity index (χ3n) is 5.49. The van der Waals surface area contributed by atoms with Crippen LogP contribution in [0.15, 0.2) is 30.3 Å². The topological polar surface area (TPSA) is 8.17 Å². The van der Waals surface area contributed by atoms with Gasteiger partial charge >= 0.3 is 0 Å². The predicted molar refractivity (Wildman–Crippen MR) is 90.4 cm³/mol. The van der Waals surface area contributed by atoms with Crippen molar-refractivity contribution in [2.45, 2.75) is 51.6 Å². The molecule has 1 atom stereocenters. The van der Waals surface area contributed by atoms with Crippen LogP contribution in [0.5, 0.6) is 0 Å². The molecule has 3 rings (SSSR count). The highest BCUT2D eigenvalue weighted by Crippen LogP contribution is 2.29. The van der Waals surface area contributed by atoms with Crippen LogP contribution in [-0.4, -0.2) is 22.6 Å². The third kappa shape index (κ3) is 3.01. The van der Waals surface area contributed by atoms with Crippen molar-refractivity contribution in [1.82, 2.24) is 9.47 Å². The van der Waals surface area contributed by atoms with Gasteiger partial charge in [-0.25, -0.2) is 0 Å². The van der Waals surface area contributed by atoms with E-state index < -0.39 is 0 Å². The molecule has 1 aliphatic rings. The van der Waals surface area contributed by atoms with Crippen molar-refractivity contribution in [3.63, 3.8) is 0 Å². The Kier molecular flexibility index (Phi) is 4.34. The SMILES string of the molecule is C[C@H](C1CCCCC1)N(C)Cc1cc2ccccc2n1C. The molecule has 0 saturated heterocycles. The van der Waals surface area contributed by atoms with Crippen LogP contribution in [0.3, 0.4) is 0 Å². The first-order chi connectivity index (χ1) is 10.2. The summed E-state index contributed by atoms with van der Waals surface area (Å²) in [7, 11) is 4.48. The monoisotopic (exact) mass is 284 g/mol. The van der Waals surface area contributed by atoms with Gasteiger partial charge in [-0.1, -0.05) is 37.5 Å². The Morgan fingerprint density at radius 2 is 1.90 bits per heavy atom. The Balaban J connectivity index is 1.73. The van der Waals surface area contributed by atoms with Crippen molar-refractivity contribution >= 4 is 10.9 Å². The highest BCUT2D eigenvalue weighted by Gasteiger charge is 2.23. The smallest absolute Gasteiger partial charge is 0.0480 e. The molecule has 2 heteroatoms. The van der Waals surface area contributed by atoms with Gasteiger partial charge in [0.2, 0.25) is 0 Å². The van der Waals surface area contributed by atoms with Crippen molar-refractivity contribution in [2.24, 2.45) is 13.0 Å². The van der Waals surface area contributed by atoms with Gasteiger partial charge in [0, 0.05) is 30.8 Å². The van der Waals surface area contributed by atoms with Gasteiger partial charge in [0.25, 0.3) is 0 Å². The lowest BCUT2D eigenvalue weighted by Crippen LogP contribution is -2.36. The minimum Gasteiger partial charge on any atom is -0.346 e. The molecule has 1 aromatic heterocycles. The summed E-state index contributed by atoms with van der Waals surface area (Å²) in [5.41, 5.74) is 2.76. The predicted octanol–water partition coefficient (Wildman–Crippen LogP) is 4.58. The molecule has 1 aliphatic carbocycles. The summed E-state index contributed by atoms with van der Waals surface area (Å²) < 4.78 is 2.35. The van der Waals surface area contributed by atoms with Gasteiger partial charge in [0.05, 0.1) is 0 Å². The normalized spacial score (nSPS) is 18.5. The van der Waals surface area contributed by atoms with E-state index in [1.807, 2.05) is 0 Å². The quantitative estimate of drug-likeness (QED) is 0.798. The van der Waals surface area contributed by atoms with Crippen LogP contribution in [0.1, 0.15) is 44.7 Å². The first-order valence-electron chi connectivity index (χ1n) is 8.40. The number of benzene rings is 1. The lowest BCUT2D eigenvalue weighted by molar-refractivity contribution is 0.149. The molecule has 1 fully saturated rings. The van der Waals surface area contributed by atoms with Crippen LogP contribution in [0.25, 0.3) is 10.9 Å². The van der Waals surface area contributed by atoms with Crippen LogP contribution in [0, 0.1) is 5.92 Å². The molecular weight excluding hydrogens is 256 g/mol. The van der Waals surface area contributed by atoms with E-state index in [-0.39, 0.29) is 0 Å². The summed E-state index contributed by atoms with van der Waals surface area (Å²) in [6.07, 6.45) is 7.13. The fourth-order valence-corrected chi connectivity index (χ4v) is 3.87. The number of nitrogens with zero attached hydrogens (tertiary/aromatic N) is 2. The van der Waals surface area contributed by atoms with Gasteiger partial charge in [-0.2, -0.15) is 0 Å². The highest BCUT2D eigenvalue weighted by molar-refractivity contribution is 5.81. The molecule has 2 aromatic rings. The molecule has 0 unspecified atom stereocenters. The number of rotatable bonds is 4. The molecule has 114 valence electrons. The summed E-state index contributed by atoms with van der Waals surface area (Å²) >= 11 is 0. The third-order valence-corrected chi connectivity index (χ3v) is 5.49. The van der Waals surface area contributed by atoms with Gasteiger partial charge < -0.3 is 4.57 Å². The Hall–Kier alpha value is -1.28. The number of aromatic nitrogens is 1. The van der Waals surface area contributed by atoms with E-state index in [1.54, 1.807) is 0 Å². The Bertz CT molecular complexity index is 593. The van der Waals surface area contributed by atoms with Crippen LogP contribution in [-0.2, 0) is 13.6 Å². The zero-order valence-corrected chi connectivity index (χ0v) is 13.7. The molecule has 0 amide bonds. The molecule has 2 nitrogen and oxygen atoms in total. The van der Waals surface area contributed by atoms with E-state index in [0.29, 0.717) is 6.04 Å². The first kappa shape index (κ1) is 14.6. The van der Waals surface area contributed by atoms with Crippen LogP contribution >= 0.6 is 0 Å². The molecule has 21 heavy (non-hydrogen) atoms. The van der Waals surface area contributed by atoms with Crippen molar-refractivity contribution in [1.29, 1.82) is 0 Å². The maximum atomic E-state index is 2.55. The molecule has 1 heterocycles. The van der Waals surface area contributed by atoms with Crippen molar-refractivity contribution in [3.05, 3.63) is 36.0 Å². The summed E-state index contributed by atoms with van der Waals surface area (Å²) in [4.78, 5) is 2.55. The van der Waals surface area contributed by atoms with Gasteiger partial charge in [0.1, 0.15) is 0 Å². The molecule has 1 saturated carbocycles. The number of hydrogen-bond acceptors (Lipinski definition) is 1. The van der Waals surface area contributed by atoms with Crippen LogP contribution in [0.2, 0.25) is 0 Å². The van der Waals surface area contributed by atoms with E-state index >= 15 is 0 Å². The van der Waals surface area contributed by atoms with Gasteiger partial charge in [-0.15, -0.1) is 0 Å². The molecule has 0 spiro atoms. The van der Waals surface area contributed by atoms with Crippen LogP contribution in [0.4, 0.5) is 0 Å². The lowest BCUT2D eigenvalue weighted by Gasteiger charge is -2.34. The largest absolute Gasteiger partial charge is 0.346 e. The molecule has 0 aliphatic heterocycles. The number of hydrogen-bond donors (Lipinski definition) is 0. The standard InChI is InChI=1S/C19H28N2/c1-15(16-9-5-4-6-10-16)20(2)14-18-13-17-11-7-8-12-19(17)21(18)3/h7-8,11-13,15-16H,4-6,9-10,14H2,1-3H3/t15-/m1/s1. The zero-order valence-electron chi connectivity index (χ0n) is 13.7. The Labute approximate surface area is 128 Å². The van der Waals surface area contributed by atoms with Crippen molar-refractivity contribution in [3.8, 4) is 0 Å². The van der Waals surface area contributed by atoms with Crippen molar-refractivity contribution < 1.29 is 0 Å². The van der Waals surface area contributed by atoms with E-state index in [9.17, 15) is 0 Å². The van der Waals surface area contributed by atoms with Crippen LogP contribution < -0.4 is 0 Å². The maximum absolute atomic E-state index is 2.55. The van der Waals surface area contributed by atoms with Gasteiger partial charge in [-0.05, 0) is 50.2 Å². The fourth-order valence-electron chi connectivity index (χ4n) is 3.87. The summed E-state index contributed by atoms with van der Waals surface area (Å²) in [5.74, 6) is 0.887. The average Bonchev–Trinajstić information content (AvgIpc) is 2.84. The van der Waals surface area contributed by atoms with E-state index in [1.165, 1.54) is 48.7 Å². The highest BCUT2D eigenvalue weighted by atomic mass is 15.1. The minimum absolute atomic E-state index is 0.684. The molecule has 0 radical (unpaired) electrons. The van der Waals surface area contributed by atoms with E-state index in [2.05, 4.69) is 60.8 Å². The lowest BCUT2D eigenvalue weighted by atomic mass is 9.84. The second-order valence-corrected chi connectivity index (χ2v) is 6.81. The minimum atomic E-state index is 0.684. The molecule has 0 N–H and O–H groups in total. The fraction of sp³-hybridized carbons (Fsp3) is 0.579. The second-order valence-electron chi connectivity index (χ2n) is 6.81. The number of para-hydroxylation sites is 1. The van der Waals surface area contributed by atoms with Gasteiger partial charge in [-0.3, -0.25) is 4.90 Å². The average molecular weight is 284 g/mol. The van der Waals surface area contributed by atoms with E-state index in [4.69, 9.17) is 0 Å². The van der Waals surface area contributed by atoms with E-state index in [0.717, 1.165) is 12.5 Å². The summed E-state index contributed by atoms with van der Waals surface area (Å²) in [6.45, 7) is 3.46. The number of aryl methyl sites for hydroxylation is 1. The second kappa shape index (κ2) is 6.23. The maximum Gasteiger partial charge on any atom is 0.0480 e. The Morgan fingerprint density at radius 3 is 2.62 bits per heavy atom. The molecule has 1 aromatic carbocycles. The molecular formula is C19H28N2. The Morgan fingerprint density at radius 1 is 1.19 bits per heavy atom.